The molecule has 1 atom stereocenters. The molecule has 200 valence electrons. The summed E-state index contributed by atoms with van der Waals surface area (Å²) in [6.45, 7) is 0.192. The first-order valence-corrected chi connectivity index (χ1v) is 13.3. The minimum absolute atomic E-state index is 0.192. The molecule has 2 aromatic heterocycles. The van der Waals surface area contributed by atoms with E-state index >= 15 is 0 Å². The number of amides is 1. The molecule has 39 heavy (non-hydrogen) atoms. The van der Waals surface area contributed by atoms with E-state index in [1.54, 1.807) is 12.1 Å². The van der Waals surface area contributed by atoms with Crippen molar-refractivity contribution in [3.63, 3.8) is 0 Å². The fraction of sp³-hybridized carbons (Fsp3) is 0.300. The second kappa shape index (κ2) is 10.7. The molecule has 2 aliphatic rings. The van der Waals surface area contributed by atoms with Crippen molar-refractivity contribution >= 4 is 23.3 Å². The number of anilines is 1. The van der Waals surface area contributed by atoms with Crippen LogP contribution in [0.3, 0.4) is 0 Å². The van der Waals surface area contributed by atoms with Crippen LogP contribution in [0, 0.1) is 0 Å². The molecular weight excluding hydrogens is 496 g/mol. The van der Waals surface area contributed by atoms with Gasteiger partial charge < -0.3 is 25.2 Å². The maximum atomic E-state index is 13.1. The lowest BCUT2D eigenvalue weighted by Gasteiger charge is -2.24. The van der Waals surface area contributed by atoms with Crippen LogP contribution >= 0.6 is 0 Å². The van der Waals surface area contributed by atoms with Crippen LogP contribution in [-0.4, -0.2) is 45.2 Å². The van der Waals surface area contributed by atoms with Gasteiger partial charge in [0.05, 0.1) is 0 Å². The highest BCUT2D eigenvalue weighted by Crippen LogP contribution is 2.38. The van der Waals surface area contributed by atoms with E-state index in [4.69, 9.17) is 14.5 Å². The maximum absolute atomic E-state index is 13.1. The van der Waals surface area contributed by atoms with E-state index in [-0.39, 0.29) is 13.2 Å². The average Bonchev–Trinajstić information content (AvgIpc) is 3.57. The molecule has 1 fully saturated rings. The summed E-state index contributed by atoms with van der Waals surface area (Å²) in [6.07, 6.45) is 7.81. The fourth-order valence-electron chi connectivity index (χ4n) is 5.30. The second-order valence-corrected chi connectivity index (χ2v) is 10.1. The molecule has 1 aliphatic heterocycles. The van der Waals surface area contributed by atoms with Gasteiger partial charge in [-0.2, -0.15) is 0 Å². The summed E-state index contributed by atoms with van der Waals surface area (Å²) in [5.74, 6) is 0.682. The summed E-state index contributed by atoms with van der Waals surface area (Å²) in [4.78, 5) is 29.9. The molecule has 0 radical (unpaired) electrons. The van der Waals surface area contributed by atoms with Gasteiger partial charge in [-0.1, -0.05) is 49.6 Å². The van der Waals surface area contributed by atoms with Crippen LogP contribution < -0.4 is 20.1 Å². The van der Waals surface area contributed by atoms with Gasteiger partial charge in [0, 0.05) is 29.8 Å². The predicted molar refractivity (Wildman–Crippen MR) is 146 cm³/mol. The van der Waals surface area contributed by atoms with Crippen LogP contribution in [0.2, 0.25) is 0 Å². The Morgan fingerprint density at radius 2 is 1.79 bits per heavy atom. The van der Waals surface area contributed by atoms with Gasteiger partial charge in [-0.05, 0) is 48.7 Å². The Bertz CT molecular complexity index is 1510. The van der Waals surface area contributed by atoms with E-state index in [1.807, 2.05) is 59.1 Å². The van der Waals surface area contributed by atoms with Gasteiger partial charge in [-0.25, -0.2) is 9.78 Å². The molecule has 9 nitrogen and oxygen atoms in total. The summed E-state index contributed by atoms with van der Waals surface area (Å²) in [7, 11) is 0. The number of nitrogens with one attached hydrogen (secondary N) is 2. The lowest BCUT2D eigenvalue weighted by atomic mass is 9.95. The largest absolute Gasteiger partial charge is 0.480 e. The van der Waals surface area contributed by atoms with Crippen molar-refractivity contribution in [3.8, 4) is 22.8 Å². The van der Waals surface area contributed by atoms with Crippen molar-refractivity contribution in [1.82, 2.24) is 14.7 Å². The van der Waals surface area contributed by atoms with E-state index in [0.717, 1.165) is 35.5 Å². The number of rotatable bonds is 8. The molecule has 3 N–H and O–H groups in total. The maximum Gasteiger partial charge on any atom is 0.326 e. The number of hydrogen-bond acceptors (Lipinski definition) is 6. The first-order chi connectivity index (χ1) is 19.0. The van der Waals surface area contributed by atoms with Crippen molar-refractivity contribution < 1.29 is 24.2 Å². The first-order valence-electron chi connectivity index (χ1n) is 13.3. The molecule has 1 aliphatic carbocycles. The van der Waals surface area contributed by atoms with E-state index in [1.165, 1.54) is 19.3 Å². The number of benzene rings is 2. The molecule has 2 aromatic carbocycles. The standard InChI is InChI=1S/C30H30N4O5/c35-29(32-23(30(36)37)15-19-7-3-1-4-8-19)21-13-14-34-26(17-21)33-27(28(34)31-22-9-5-2-6-10-22)20-11-12-24-25(16-20)39-18-38-24/h1,3-4,7-8,11-14,16-17,22-23,31H,2,5-6,9-10,15,18H2,(H,32,35)(H,36,37). The molecule has 0 spiro atoms. The van der Waals surface area contributed by atoms with Gasteiger partial charge >= 0.3 is 5.97 Å². The Morgan fingerprint density at radius 1 is 1.00 bits per heavy atom. The summed E-state index contributed by atoms with van der Waals surface area (Å²) in [5.41, 5.74) is 3.39. The van der Waals surface area contributed by atoms with Crippen LogP contribution in [0.1, 0.15) is 48.0 Å². The Balaban J connectivity index is 1.32. The van der Waals surface area contributed by atoms with Gasteiger partial charge in [-0.3, -0.25) is 9.20 Å². The zero-order chi connectivity index (χ0) is 26.8. The number of carbonyl (C=O) groups is 2. The minimum atomic E-state index is -1.09. The van der Waals surface area contributed by atoms with Crippen LogP contribution in [-0.2, 0) is 11.2 Å². The molecule has 1 unspecified atom stereocenters. The fourth-order valence-corrected chi connectivity index (χ4v) is 5.30. The predicted octanol–water partition coefficient (Wildman–Crippen LogP) is 4.90. The molecular formula is C30H30N4O5. The minimum Gasteiger partial charge on any atom is -0.480 e. The van der Waals surface area contributed by atoms with Crippen molar-refractivity contribution in [2.24, 2.45) is 0 Å². The van der Waals surface area contributed by atoms with Gasteiger partial charge in [0.15, 0.2) is 11.5 Å². The number of carboxylic acids is 1. The lowest BCUT2D eigenvalue weighted by molar-refractivity contribution is -0.139. The van der Waals surface area contributed by atoms with Crippen LogP contribution in [0.15, 0.2) is 66.9 Å². The molecule has 0 saturated heterocycles. The molecule has 6 rings (SSSR count). The highest BCUT2D eigenvalue weighted by Gasteiger charge is 2.24. The smallest absolute Gasteiger partial charge is 0.326 e. The number of aromatic nitrogens is 2. The van der Waals surface area contributed by atoms with Crippen molar-refractivity contribution in [2.45, 2.75) is 50.6 Å². The molecule has 0 bridgehead atoms. The quantitative estimate of drug-likeness (QED) is 0.299. The van der Waals surface area contributed by atoms with Gasteiger partial charge in [-0.15, -0.1) is 0 Å². The molecule has 9 heteroatoms. The molecule has 4 aromatic rings. The van der Waals surface area contributed by atoms with Gasteiger partial charge in [0.25, 0.3) is 5.91 Å². The zero-order valence-electron chi connectivity index (χ0n) is 21.4. The Hall–Kier alpha value is -4.53. The van der Waals surface area contributed by atoms with Gasteiger partial charge in [0.2, 0.25) is 6.79 Å². The Labute approximate surface area is 225 Å². The lowest BCUT2D eigenvalue weighted by Crippen LogP contribution is -2.42. The summed E-state index contributed by atoms with van der Waals surface area (Å²) >= 11 is 0. The highest BCUT2D eigenvalue weighted by molar-refractivity contribution is 5.97. The van der Waals surface area contributed by atoms with E-state index in [2.05, 4.69) is 10.6 Å². The van der Waals surface area contributed by atoms with E-state index < -0.39 is 17.9 Å². The number of ether oxygens (including phenoxy) is 2. The zero-order valence-corrected chi connectivity index (χ0v) is 21.4. The number of hydrogen-bond donors (Lipinski definition) is 3. The van der Waals surface area contributed by atoms with Crippen molar-refractivity contribution in [2.75, 3.05) is 12.1 Å². The number of aliphatic carboxylic acids is 1. The summed E-state index contributed by atoms with van der Waals surface area (Å²) in [6, 6.07) is 17.7. The number of pyridine rings is 1. The average molecular weight is 527 g/mol. The Kier molecular flexibility index (Phi) is 6.79. The third kappa shape index (κ3) is 5.25. The topological polar surface area (TPSA) is 114 Å². The SMILES string of the molecule is O=C(NC(Cc1ccccc1)C(=O)O)c1ccn2c(NC3CCCCC3)c(-c3ccc4c(c3)OCO4)nc2c1. The van der Waals surface area contributed by atoms with Crippen LogP contribution in [0.25, 0.3) is 16.9 Å². The normalized spacial score (nSPS) is 15.7. The molecule has 1 saturated carbocycles. The van der Waals surface area contributed by atoms with E-state index in [9.17, 15) is 14.7 Å². The van der Waals surface area contributed by atoms with Crippen LogP contribution in [0.4, 0.5) is 5.82 Å². The molecule has 3 heterocycles. The molecule has 1 amide bonds. The monoisotopic (exact) mass is 526 g/mol. The number of imidazole rings is 1. The van der Waals surface area contributed by atoms with Crippen molar-refractivity contribution in [1.29, 1.82) is 0 Å². The third-order valence-corrected chi connectivity index (χ3v) is 7.37. The second-order valence-electron chi connectivity index (χ2n) is 10.1. The number of carboxylic acid groups (broad SMARTS) is 1. The third-order valence-electron chi connectivity index (χ3n) is 7.37. The number of carbonyl (C=O) groups excluding carboxylic acids is 1. The summed E-state index contributed by atoms with van der Waals surface area (Å²) in [5, 5.41) is 16.1. The highest BCUT2D eigenvalue weighted by atomic mass is 16.7. The first kappa shape index (κ1) is 24.8. The number of nitrogens with zero attached hydrogens (tertiary/aromatic N) is 2. The van der Waals surface area contributed by atoms with Crippen LogP contribution in [0.5, 0.6) is 11.5 Å². The Morgan fingerprint density at radius 3 is 2.59 bits per heavy atom. The van der Waals surface area contributed by atoms with E-state index in [0.29, 0.717) is 28.8 Å². The van der Waals surface area contributed by atoms with Crippen molar-refractivity contribution in [3.05, 3.63) is 78.0 Å². The van der Waals surface area contributed by atoms with Gasteiger partial charge in [0.1, 0.15) is 23.2 Å². The number of fused-ring (bicyclic) bond motifs is 2. The summed E-state index contributed by atoms with van der Waals surface area (Å²) < 4.78 is 13.0.